The van der Waals surface area contributed by atoms with Gasteiger partial charge in [-0.05, 0) is 22.9 Å². The van der Waals surface area contributed by atoms with E-state index in [1.165, 1.54) is 11.0 Å². The first-order chi connectivity index (χ1) is 9.95. The number of benzene rings is 2. The van der Waals surface area contributed by atoms with Crippen molar-refractivity contribution in [2.24, 2.45) is 4.40 Å². The van der Waals surface area contributed by atoms with Crippen LogP contribution in [0.3, 0.4) is 0 Å². The van der Waals surface area contributed by atoms with E-state index in [9.17, 15) is 13.2 Å². The van der Waals surface area contributed by atoms with Gasteiger partial charge in [0.1, 0.15) is 0 Å². The average molecular weight is 303 g/mol. The van der Waals surface area contributed by atoms with Gasteiger partial charge in [0, 0.05) is 7.05 Å². The van der Waals surface area contributed by atoms with Gasteiger partial charge in [-0.25, -0.2) is 0 Å². The van der Waals surface area contributed by atoms with Crippen molar-refractivity contribution in [3.63, 3.8) is 0 Å². The van der Waals surface area contributed by atoms with Gasteiger partial charge in [-0.1, -0.05) is 30.3 Å². The smallest absolute Gasteiger partial charge is 0.285 e. The third kappa shape index (κ3) is 2.59. The molecular weight excluding hydrogens is 290 g/mol. The summed E-state index contributed by atoms with van der Waals surface area (Å²) in [5, 5.41) is 4.20. The number of likely N-dealkylation sites (N-methyl/N-ethyl adjacent to an activating group) is 1. The molecule has 1 saturated heterocycles. The summed E-state index contributed by atoms with van der Waals surface area (Å²) in [4.78, 5) is 12.8. The number of rotatable bonds is 2. The van der Waals surface area contributed by atoms with E-state index in [2.05, 4.69) is 9.71 Å². The van der Waals surface area contributed by atoms with Crippen molar-refractivity contribution in [3.8, 4) is 0 Å². The van der Waals surface area contributed by atoms with Crippen molar-refractivity contribution >= 4 is 32.7 Å². The van der Waals surface area contributed by atoms with Gasteiger partial charge in [0.15, 0.2) is 0 Å². The lowest BCUT2D eigenvalue weighted by Gasteiger charge is -2.08. The number of fused-ring (bicyclic) bond motifs is 1. The third-order valence-corrected chi connectivity index (χ3v) is 4.48. The Kier molecular flexibility index (Phi) is 3.13. The highest BCUT2D eigenvalue weighted by Crippen LogP contribution is 2.20. The minimum absolute atomic E-state index is 0.0492. The number of guanidine groups is 1. The molecule has 3 rings (SSSR count). The standard InChI is InChI=1S/C14H13N3O3S/c1-17-9-13(18)15-14(17)16-21(19,20)12-7-6-10-4-2-3-5-11(10)8-12/h2-8H,9H2,1H3,(H,15,16,18). The van der Waals surface area contributed by atoms with Crippen LogP contribution in [-0.4, -0.2) is 38.8 Å². The van der Waals surface area contributed by atoms with Crippen LogP contribution < -0.4 is 5.32 Å². The second-order valence-corrected chi connectivity index (χ2v) is 6.41. The molecule has 1 amide bonds. The van der Waals surface area contributed by atoms with Crippen LogP contribution in [0.25, 0.3) is 10.8 Å². The lowest BCUT2D eigenvalue weighted by molar-refractivity contribution is -0.118. The summed E-state index contributed by atoms with van der Waals surface area (Å²) in [6.07, 6.45) is 0. The Morgan fingerprint density at radius 3 is 2.52 bits per heavy atom. The van der Waals surface area contributed by atoms with Crippen LogP contribution in [0.5, 0.6) is 0 Å². The number of carbonyl (C=O) groups is 1. The van der Waals surface area contributed by atoms with Crippen molar-refractivity contribution in [1.29, 1.82) is 0 Å². The molecule has 2 aromatic carbocycles. The summed E-state index contributed by atoms with van der Waals surface area (Å²) in [7, 11) is -2.26. The van der Waals surface area contributed by atoms with E-state index in [-0.39, 0.29) is 23.3 Å². The molecule has 6 nitrogen and oxygen atoms in total. The van der Waals surface area contributed by atoms with Crippen molar-refractivity contribution < 1.29 is 13.2 Å². The fourth-order valence-electron chi connectivity index (χ4n) is 2.14. The molecule has 2 aromatic rings. The molecule has 7 heteroatoms. The number of nitrogens with one attached hydrogen (secondary N) is 1. The van der Waals surface area contributed by atoms with Crippen LogP contribution in [0.1, 0.15) is 0 Å². The Hall–Kier alpha value is -2.41. The zero-order valence-corrected chi connectivity index (χ0v) is 12.1. The predicted octanol–water partition coefficient (Wildman–Crippen LogP) is 0.946. The minimum Gasteiger partial charge on any atom is -0.335 e. The first-order valence-corrected chi connectivity index (χ1v) is 7.74. The Morgan fingerprint density at radius 2 is 1.86 bits per heavy atom. The number of hydrogen-bond acceptors (Lipinski definition) is 3. The van der Waals surface area contributed by atoms with E-state index in [4.69, 9.17) is 0 Å². The topological polar surface area (TPSA) is 78.8 Å². The molecule has 1 aliphatic heterocycles. The Morgan fingerprint density at radius 1 is 1.14 bits per heavy atom. The Balaban J connectivity index is 2.04. The van der Waals surface area contributed by atoms with Crippen molar-refractivity contribution in [2.75, 3.05) is 13.6 Å². The van der Waals surface area contributed by atoms with E-state index >= 15 is 0 Å². The lowest BCUT2D eigenvalue weighted by atomic mass is 10.1. The fourth-order valence-corrected chi connectivity index (χ4v) is 3.17. The predicted molar refractivity (Wildman–Crippen MR) is 79.3 cm³/mol. The maximum absolute atomic E-state index is 12.3. The van der Waals surface area contributed by atoms with E-state index in [0.717, 1.165) is 10.8 Å². The monoisotopic (exact) mass is 303 g/mol. The van der Waals surface area contributed by atoms with Crippen LogP contribution in [0, 0.1) is 0 Å². The molecule has 21 heavy (non-hydrogen) atoms. The molecule has 1 fully saturated rings. The fraction of sp³-hybridized carbons (Fsp3) is 0.143. The maximum Gasteiger partial charge on any atom is 0.285 e. The molecule has 108 valence electrons. The highest BCUT2D eigenvalue weighted by Gasteiger charge is 2.24. The van der Waals surface area contributed by atoms with E-state index in [0.29, 0.717) is 0 Å². The summed E-state index contributed by atoms with van der Waals surface area (Å²) < 4.78 is 28.3. The number of carbonyl (C=O) groups excluding carboxylic acids is 1. The van der Waals surface area contributed by atoms with Crippen LogP contribution in [0.2, 0.25) is 0 Å². The van der Waals surface area contributed by atoms with Crippen LogP contribution in [-0.2, 0) is 14.8 Å². The molecule has 0 saturated carbocycles. The Bertz CT molecular complexity index is 859. The molecule has 0 aromatic heterocycles. The van der Waals surface area contributed by atoms with Gasteiger partial charge in [0.25, 0.3) is 10.0 Å². The third-order valence-electron chi connectivity index (χ3n) is 3.22. The largest absolute Gasteiger partial charge is 0.335 e. The molecule has 0 spiro atoms. The summed E-state index contributed by atoms with van der Waals surface area (Å²) >= 11 is 0. The molecule has 0 atom stereocenters. The van der Waals surface area contributed by atoms with E-state index < -0.39 is 10.0 Å². The number of amides is 1. The molecule has 1 N–H and O–H groups in total. The van der Waals surface area contributed by atoms with Gasteiger partial charge >= 0.3 is 0 Å². The zero-order valence-electron chi connectivity index (χ0n) is 11.3. The molecule has 0 radical (unpaired) electrons. The number of hydrogen-bond donors (Lipinski definition) is 1. The van der Waals surface area contributed by atoms with Crippen molar-refractivity contribution in [1.82, 2.24) is 10.2 Å². The molecule has 1 heterocycles. The summed E-state index contributed by atoms with van der Waals surface area (Å²) in [5.41, 5.74) is 0. The normalized spacial score (nSPS) is 17.5. The first kappa shape index (κ1) is 13.6. The highest BCUT2D eigenvalue weighted by molar-refractivity contribution is 7.90. The SMILES string of the molecule is CN1CC(=O)N/C1=N/S(=O)(=O)c1ccc2ccccc2c1. The zero-order chi connectivity index (χ0) is 15.0. The summed E-state index contributed by atoms with van der Waals surface area (Å²) in [6, 6.07) is 12.3. The minimum atomic E-state index is -3.86. The Labute approximate surface area is 122 Å². The maximum atomic E-state index is 12.3. The van der Waals surface area contributed by atoms with Crippen molar-refractivity contribution in [3.05, 3.63) is 42.5 Å². The van der Waals surface area contributed by atoms with Crippen LogP contribution in [0.4, 0.5) is 0 Å². The first-order valence-electron chi connectivity index (χ1n) is 6.30. The molecule has 0 aliphatic carbocycles. The van der Waals surface area contributed by atoms with E-state index in [1.54, 1.807) is 19.2 Å². The molecule has 1 aliphatic rings. The summed E-state index contributed by atoms with van der Waals surface area (Å²) in [6.45, 7) is 0.103. The van der Waals surface area contributed by atoms with Gasteiger partial charge in [-0.2, -0.15) is 8.42 Å². The van der Waals surface area contributed by atoms with Crippen LogP contribution >= 0.6 is 0 Å². The van der Waals surface area contributed by atoms with Gasteiger partial charge in [-0.3, -0.25) is 10.1 Å². The van der Waals surface area contributed by atoms with E-state index in [1.807, 2.05) is 24.3 Å². The molecular formula is C14H13N3O3S. The second kappa shape index (κ2) is 4.85. The van der Waals surface area contributed by atoms with Gasteiger partial charge in [0.2, 0.25) is 11.9 Å². The van der Waals surface area contributed by atoms with Gasteiger partial charge < -0.3 is 4.90 Å². The summed E-state index contributed by atoms with van der Waals surface area (Å²) in [5.74, 6) is -0.224. The lowest BCUT2D eigenvalue weighted by Crippen LogP contribution is -2.28. The van der Waals surface area contributed by atoms with Gasteiger partial charge in [0.05, 0.1) is 11.4 Å². The second-order valence-electron chi connectivity index (χ2n) is 4.80. The molecule has 0 unspecified atom stereocenters. The van der Waals surface area contributed by atoms with Gasteiger partial charge in [-0.15, -0.1) is 4.40 Å². The van der Waals surface area contributed by atoms with Crippen molar-refractivity contribution in [2.45, 2.75) is 4.90 Å². The number of nitrogens with zero attached hydrogens (tertiary/aromatic N) is 2. The van der Waals surface area contributed by atoms with Crippen LogP contribution in [0.15, 0.2) is 51.8 Å². The quantitative estimate of drug-likeness (QED) is 0.896. The average Bonchev–Trinajstić information content (AvgIpc) is 2.75. The highest BCUT2D eigenvalue weighted by atomic mass is 32.2. The number of sulfonamides is 1. The molecule has 0 bridgehead atoms.